The summed E-state index contributed by atoms with van der Waals surface area (Å²) in [4.78, 5) is 30.7. The summed E-state index contributed by atoms with van der Waals surface area (Å²) in [5.74, 6) is -1.08. The minimum absolute atomic E-state index is 0.00186. The molecule has 4 rings (SSSR count). The lowest BCUT2D eigenvalue weighted by atomic mass is 10.0. The second kappa shape index (κ2) is 17.2. The van der Waals surface area contributed by atoms with E-state index in [1.165, 1.54) is 34.9 Å². The first-order valence-electron chi connectivity index (χ1n) is 15.8. The summed E-state index contributed by atoms with van der Waals surface area (Å²) < 4.78 is 50.2. The molecule has 4 aromatic carbocycles. The van der Waals surface area contributed by atoms with E-state index in [9.17, 15) is 18.0 Å². The number of ether oxygens (including phenoxy) is 1. The quantitative estimate of drug-likeness (QED) is 0.132. The van der Waals surface area contributed by atoms with Crippen molar-refractivity contribution in [3.05, 3.63) is 120 Å². The highest BCUT2D eigenvalue weighted by atomic mass is 32.2. The van der Waals surface area contributed by atoms with Gasteiger partial charge in [-0.05, 0) is 86.7 Å². The molecule has 2 atom stereocenters. The summed E-state index contributed by atoms with van der Waals surface area (Å²) in [5.41, 5.74) is 1.22. The van der Waals surface area contributed by atoms with E-state index in [0.717, 1.165) is 14.8 Å². The van der Waals surface area contributed by atoms with Gasteiger partial charge in [-0.2, -0.15) is 0 Å². The standard InChI is InChI=1S/C37H42FN3O5S2/c1-5-27(3)39-37(43)35(24-28-12-8-7-9-13-28)40(25-29-14-10-11-15-34(29)38)36(42)26-41(30-16-18-31(19-17-30)46-6-2)48(44,45)33-22-20-32(47-4)21-23-33/h7-23,27,35H,5-6,24-26H2,1-4H3,(H,39,43)/t27-,35-/m1/s1. The van der Waals surface area contributed by atoms with Crippen molar-refractivity contribution in [3.8, 4) is 5.75 Å². The molecule has 0 aromatic heterocycles. The molecule has 0 aliphatic heterocycles. The molecule has 0 fully saturated rings. The van der Waals surface area contributed by atoms with Crippen molar-refractivity contribution >= 4 is 39.3 Å². The third-order valence-corrected chi connectivity index (χ3v) is 10.5. The molecule has 4 aromatic rings. The van der Waals surface area contributed by atoms with Gasteiger partial charge in [-0.3, -0.25) is 13.9 Å². The molecule has 0 unspecified atom stereocenters. The molecule has 254 valence electrons. The maximum absolute atomic E-state index is 15.1. The van der Waals surface area contributed by atoms with E-state index in [-0.39, 0.29) is 35.2 Å². The molecule has 0 bridgehead atoms. The van der Waals surface area contributed by atoms with Crippen LogP contribution in [0.2, 0.25) is 0 Å². The average molecular weight is 692 g/mol. The largest absolute Gasteiger partial charge is 0.494 e. The minimum atomic E-state index is -4.28. The average Bonchev–Trinajstić information content (AvgIpc) is 3.10. The predicted octanol–water partition coefficient (Wildman–Crippen LogP) is 6.70. The summed E-state index contributed by atoms with van der Waals surface area (Å²) in [6.07, 6.45) is 2.68. The van der Waals surface area contributed by atoms with Gasteiger partial charge in [-0.1, -0.05) is 55.5 Å². The van der Waals surface area contributed by atoms with Crippen LogP contribution in [0.25, 0.3) is 0 Å². The van der Waals surface area contributed by atoms with Gasteiger partial charge < -0.3 is 15.0 Å². The lowest BCUT2D eigenvalue weighted by molar-refractivity contribution is -0.140. The Kier molecular flexibility index (Phi) is 13.0. The molecular formula is C37H42FN3O5S2. The number of anilines is 1. The van der Waals surface area contributed by atoms with Crippen LogP contribution in [0.4, 0.5) is 10.1 Å². The molecule has 0 radical (unpaired) electrons. The number of hydrogen-bond donors (Lipinski definition) is 1. The number of carbonyl (C=O) groups is 2. The van der Waals surface area contributed by atoms with Gasteiger partial charge in [0.15, 0.2) is 0 Å². The summed E-state index contributed by atoms with van der Waals surface area (Å²) in [7, 11) is -4.28. The van der Waals surface area contributed by atoms with Crippen molar-refractivity contribution in [2.75, 3.05) is 23.7 Å². The van der Waals surface area contributed by atoms with Gasteiger partial charge in [0.1, 0.15) is 24.2 Å². The Morgan fingerprint density at radius 3 is 2.15 bits per heavy atom. The maximum Gasteiger partial charge on any atom is 0.264 e. The Hall–Kier alpha value is -4.35. The van der Waals surface area contributed by atoms with E-state index >= 15 is 4.39 Å². The van der Waals surface area contributed by atoms with Crippen molar-refractivity contribution in [2.45, 2.75) is 62.0 Å². The van der Waals surface area contributed by atoms with Crippen LogP contribution in [0.5, 0.6) is 5.75 Å². The van der Waals surface area contributed by atoms with Gasteiger partial charge in [0.25, 0.3) is 10.0 Å². The van der Waals surface area contributed by atoms with Crippen LogP contribution in [-0.4, -0.2) is 56.6 Å². The molecule has 0 saturated heterocycles. The summed E-state index contributed by atoms with van der Waals surface area (Å²) in [6.45, 7) is 5.17. The number of nitrogens with one attached hydrogen (secondary N) is 1. The fraction of sp³-hybridized carbons (Fsp3) is 0.297. The molecule has 11 heteroatoms. The first-order chi connectivity index (χ1) is 23.1. The van der Waals surface area contributed by atoms with E-state index in [1.54, 1.807) is 54.6 Å². The lowest BCUT2D eigenvalue weighted by Crippen LogP contribution is -2.54. The third-order valence-electron chi connectivity index (χ3n) is 7.93. The molecule has 0 heterocycles. The molecule has 48 heavy (non-hydrogen) atoms. The molecule has 0 aliphatic carbocycles. The predicted molar refractivity (Wildman–Crippen MR) is 189 cm³/mol. The first kappa shape index (κ1) is 36.5. The molecule has 0 spiro atoms. The number of amides is 2. The number of sulfonamides is 1. The SMILES string of the molecule is CCOc1ccc(N(CC(=O)N(Cc2ccccc2F)[C@H](Cc2ccccc2)C(=O)N[C@H](C)CC)S(=O)(=O)c2ccc(SC)cc2)cc1. The highest BCUT2D eigenvalue weighted by Crippen LogP contribution is 2.28. The van der Waals surface area contributed by atoms with E-state index in [2.05, 4.69) is 5.32 Å². The van der Waals surface area contributed by atoms with Crippen molar-refractivity contribution in [3.63, 3.8) is 0 Å². The molecule has 0 aliphatic rings. The summed E-state index contributed by atoms with van der Waals surface area (Å²) >= 11 is 1.48. The van der Waals surface area contributed by atoms with Gasteiger partial charge >= 0.3 is 0 Å². The monoisotopic (exact) mass is 691 g/mol. The zero-order valence-corrected chi connectivity index (χ0v) is 29.3. The van der Waals surface area contributed by atoms with Crippen molar-refractivity contribution in [1.82, 2.24) is 10.2 Å². The number of halogens is 1. The topological polar surface area (TPSA) is 96.0 Å². The molecule has 0 saturated carbocycles. The van der Waals surface area contributed by atoms with E-state index in [4.69, 9.17) is 4.74 Å². The Morgan fingerprint density at radius 2 is 1.54 bits per heavy atom. The highest BCUT2D eigenvalue weighted by molar-refractivity contribution is 7.98. The van der Waals surface area contributed by atoms with Gasteiger partial charge in [-0.25, -0.2) is 12.8 Å². The van der Waals surface area contributed by atoms with E-state index < -0.39 is 40.2 Å². The summed E-state index contributed by atoms with van der Waals surface area (Å²) in [5, 5.41) is 2.98. The molecule has 8 nitrogen and oxygen atoms in total. The Balaban J connectivity index is 1.82. The minimum Gasteiger partial charge on any atom is -0.494 e. The summed E-state index contributed by atoms with van der Waals surface area (Å²) in [6, 6.07) is 26.8. The van der Waals surface area contributed by atoms with Gasteiger partial charge in [0.05, 0.1) is 17.2 Å². The van der Waals surface area contributed by atoms with Crippen molar-refractivity contribution < 1.29 is 27.1 Å². The zero-order chi connectivity index (χ0) is 34.7. The smallest absolute Gasteiger partial charge is 0.264 e. The Morgan fingerprint density at radius 1 is 0.896 bits per heavy atom. The lowest BCUT2D eigenvalue weighted by Gasteiger charge is -2.34. The van der Waals surface area contributed by atoms with Gasteiger partial charge in [0.2, 0.25) is 11.8 Å². The Labute approximate surface area is 287 Å². The Bertz CT molecular complexity index is 1750. The van der Waals surface area contributed by atoms with Crippen LogP contribution >= 0.6 is 11.8 Å². The number of carbonyl (C=O) groups excluding carboxylic acids is 2. The van der Waals surface area contributed by atoms with E-state index in [1.807, 2.05) is 57.4 Å². The third kappa shape index (κ3) is 9.38. The van der Waals surface area contributed by atoms with Gasteiger partial charge in [-0.15, -0.1) is 11.8 Å². The van der Waals surface area contributed by atoms with Crippen LogP contribution in [0.15, 0.2) is 113 Å². The van der Waals surface area contributed by atoms with E-state index in [0.29, 0.717) is 18.8 Å². The molecular weight excluding hydrogens is 650 g/mol. The van der Waals surface area contributed by atoms with Crippen molar-refractivity contribution in [1.29, 1.82) is 0 Å². The highest BCUT2D eigenvalue weighted by Gasteiger charge is 2.35. The van der Waals surface area contributed by atoms with Crippen LogP contribution in [0.3, 0.4) is 0 Å². The fourth-order valence-electron chi connectivity index (χ4n) is 5.08. The van der Waals surface area contributed by atoms with Crippen LogP contribution in [0.1, 0.15) is 38.3 Å². The van der Waals surface area contributed by atoms with Crippen LogP contribution in [0, 0.1) is 5.82 Å². The van der Waals surface area contributed by atoms with Crippen molar-refractivity contribution in [2.24, 2.45) is 0 Å². The second-order valence-electron chi connectivity index (χ2n) is 11.3. The zero-order valence-electron chi connectivity index (χ0n) is 27.6. The van der Waals surface area contributed by atoms with Gasteiger partial charge in [0, 0.05) is 29.5 Å². The number of thioether (sulfide) groups is 1. The second-order valence-corrected chi connectivity index (χ2v) is 14.0. The normalized spacial score (nSPS) is 12.5. The molecule has 1 N–H and O–H groups in total. The number of nitrogens with zero attached hydrogens (tertiary/aromatic N) is 2. The number of hydrogen-bond acceptors (Lipinski definition) is 6. The maximum atomic E-state index is 15.1. The molecule has 2 amide bonds. The fourth-order valence-corrected chi connectivity index (χ4v) is 6.91. The van der Waals surface area contributed by atoms with Crippen LogP contribution < -0.4 is 14.4 Å². The number of rotatable bonds is 16. The number of benzene rings is 4. The first-order valence-corrected chi connectivity index (χ1v) is 18.5. The van der Waals surface area contributed by atoms with Crippen LogP contribution in [-0.2, 0) is 32.6 Å².